The normalized spacial score (nSPS) is 16.4. The number of hydrogen-bond donors (Lipinski definition) is 1. The topological polar surface area (TPSA) is 34.2 Å². The predicted molar refractivity (Wildman–Crippen MR) is 68.6 cm³/mol. The molecule has 0 aliphatic heterocycles. The largest absolute Gasteiger partial charge is 0.376 e. The molecule has 1 aliphatic rings. The van der Waals surface area contributed by atoms with E-state index in [9.17, 15) is 4.39 Å². The van der Waals surface area contributed by atoms with Gasteiger partial charge in [0.15, 0.2) is 11.6 Å². The van der Waals surface area contributed by atoms with Crippen molar-refractivity contribution >= 4 is 21.7 Å². The zero-order valence-electron chi connectivity index (χ0n) is 9.59. The Morgan fingerprint density at radius 1 is 1.47 bits per heavy atom. The molecule has 1 saturated carbocycles. The van der Waals surface area contributed by atoms with E-state index in [4.69, 9.17) is 4.74 Å². The van der Waals surface area contributed by atoms with Crippen LogP contribution in [0, 0.1) is 5.82 Å². The van der Waals surface area contributed by atoms with Gasteiger partial charge >= 0.3 is 0 Å². The summed E-state index contributed by atoms with van der Waals surface area (Å²) in [5, 5.41) is 2.93. The van der Waals surface area contributed by atoms with Gasteiger partial charge in [-0.2, -0.15) is 0 Å². The van der Waals surface area contributed by atoms with Crippen molar-refractivity contribution < 1.29 is 9.13 Å². The number of ether oxygens (including phenoxy) is 1. The van der Waals surface area contributed by atoms with Crippen LogP contribution in [0.5, 0.6) is 0 Å². The third kappa shape index (κ3) is 3.92. The highest BCUT2D eigenvalue weighted by Gasteiger charge is 2.14. The van der Waals surface area contributed by atoms with Gasteiger partial charge in [0.05, 0.1) is 12.7 Å². The maximum atomic E-state index is 13.4. The molecule has 0 bridgehead atoms. The van der Waals surface area contributed by atoms with E-state index in [1.165, 1.54) is 18.9 Å². The van der Waals surface area contributed by atoms with Crippen LogP contribution < -0.4 is 5.32 Å². The van der Waals surface area contributed by atoms with Gasteiger partial charge in [-0.25, -0.2) is 9.37 Å². The van der Waals surface area contributed by atoms with Crippen molar-refractivity contribution in [1.82, 2.24) is 4.98 Å². The van der Waals surface area contributed by atoms with Crippen LogP contribution in [-0.4, -0.2) is 24.2 Å². The molecule has 0 radical (unpaired) electrons. The lowest BCUT2D eigenvalue weighted by molar-refractivity contribution is 0.0658. The maximum absolute atomic E-state index is 13.4. The molecule has 5 heteroatoms. The molecular weight excluding hydrogens is 287 g/mol. The zero-order chi connectivity index (χ0) is 12.1. The number of anilines is 1. The second-order valence-electron chi connectivity index (χ2n) is 4.19. The molecular formula is C12H16BrFN2O. The highest BCUT2D eigenvalue weighted by molar-refractivity contribution is 9.10. The summed E-state index contributed by atoms with van der Waals surface area (Å²) in [6.45, 7) is 1.18. The lowest BCUT2D eigenvalue weighted by Gasteiger charge is -2.12. The van der Waals surface area contributed by atoms with Crippen LogP contribution in [0.3, 0.4) is 0 Å². The molecule has 1 N–H and O–H groups in total. The molecule has 0 amide bonds. The Bertz CT molecular complexity index is 370. The summed E-state index contributed by atoms with van der Waals surface area (Å²) in [7, 11) is 0. The van der Waals surface area contributed by atoms with Crippen molar-refractivity contribution in [1.29, 1.82) is 0 Å². The van der Waals surface area contributed by atoms with Crippen LogP contribution in [0.4, 0.5) is 10.2 Å². The van der Waals surface area contributed by atoms with Crippen molar-refractivity contribution in [2.75, 3.05) is 18.5 Å². The van der Waals surface area contributed by atoms with E-state index >= 15 is 0 Å². The number of nitrogens with one attached hydrogen (secondary N) is 1. The Hall–Kier alpha value is -0.680. The van der Waals surface area contributed by atoms with Crippen molar-refractivity contribution in [3.05, 3.63) is 22.6 Å². The molecule has 0 atom stereocenters. The number of hydrogen-bond acceptors (Lipinski definition) is 3. The molecule has 3 nitrogen and oxygen atoms in total. The summed E-state index contributed by atoms with van der Waals surface area (Å²) in [6.07, 6.45) is 6.82. The highest BCUT2D eigenvalue weighted by atomic mass is 79.9. The molecule has 17 heavy (non-hydrogen) atoms. The number of pyridine rings is 1. The maximum Gasteiger partial charge on any atom is 0.166 e. The van der Waals surface area contributed by atoms with E-state index in [0.29, 0.717) is 23.7 Å². The van der Waals surface area contributed by atoms with E-state index in [1.54, 1.807) is 6.20 Å². The summed E-state index contributed by atoms with van der Waals surface area (Å²) in [4.78, 5) is 3.96. The second kappa shape index (κ2) is 6.31. The Labute approximate surface area is 109 Å². The van der Waals surface area contributed by atoms with Crippen molar-refractivity contribution in [2.45, 2.75) is 31.8 Å². The molecule has 1 aromatic rings. The van der Waals surface area contributed by atoms with Crippen molar-refractivity contribution in [3.63, 3.8) is 0 Å². The van der Waals surface area contributed by atoms with Crippen LogP contribution in [0.25, 0.3) is 0 Å². The lowest BCUT2D eigenvalue weighted by Crippen LogP contribution is -2.16. The minimum atomic E-state index is -0.347. The lowest BCUT2D eigenvalue weighted by atomic mass is 10.3. The summed E-state index contributed by atoms with van der Waals surface area (Å²) >= 11 is 3.17. The number of halogens is 2. The Kier molecular flexibility index (Phi) is 4.74. The van der Waals surface area contributed by atoms with Crippen molar-refractivity contribution in [3.8, 4) is 0 Å². The van der Waals surface area contributed by atoms with Gasteiger partial charge in [0, 0.05) is 17.2 Å². The molecule has 0 saturated heterocycles. The van der Waals surface area contributed by atoms with Crippen LogP contribution >= 0.6 is 15.9 Å². The fourth-order valence-electron chi connectivity index (χ4n) is 1.99. The van der Waals surface area contributed by atoms with E-state index in [2.05, 4.69) is 26.2 Å². The van der Waals surface area contributed by atoms with E-state index in [-0.39, 0.29) is 11.6 Å². The summed E-state index contributed by atoms with van der Waals surface area (Å²) in [5.74, 6) is -0.0662. The Balaban J connectivity index is 1.70. The SMILES string of the molecule is Fc1cc(Br)cnc1NCCOC1CCCC1. The fraction of sp³-hybridized carbons (Fsp3) is 0.583. The smallest absolute Gasteiger partial charge is 0.166 e. The minimum absolute atomic E-state index is 0.281. The first-order chi connectivity index (χ1) is 8.25. The standard InChI is InChI=1S/C12H16BrFN2O/c13-9-7-11(14)12(16-8-9)15-5-6-17-10-3-1-2-4-10/h7-8,10H,1-6H2,(H,15,16). The second-order valence-corrected chi connectivity index (χ2v) is 5.10. The van der Waals surface area contributed by atoms with Gasteiger partial charge in [0.1, 0.15) is 0 Å². The molecule has 0 spiro atoms. The average molecular weight is 303 g/mol. The van der Waals surface area contributed by atoms with E-state index < -0.39 is 0 Å². The minimum Gasteiger partial charge on any atom is -0.376 e. The number of rotatable bonds is 5. The fourth-order valence-corrected chi connectivity index (χ4v) is 2.30. The molecule has 0 unspecified atom stereocenters. The first-order valence-electron chi connectivity index (χ1n) is 5.92. The number of aromatic nitrogens is 1. The Morgan fingerprint density at radius 3 is 2.94 bits per heavy atom. The molecule has 1 fully saturated rings. The van der Waals surface area contributed by atoms with E-state index in [0.717, 1.165) is 12.8 Å². The average Bonchev–Trinajstić information content (AvgIpc) is 2.79. The number of nitrogens with zero attached hydrogens (tertiary/aromatic N) is 1. The van der Waals surface area contributed by atoms with E-state index in [1.807, 2.05) is 0 Å². The first-order valence-corrected chi connectivity index (χ1v) is 6.71. The van der Waals surface area contributed by atoms with Crippen molar-refractivity contribution in [2.24, 2.45) is 0 Å². The van der Waals surface area contributed by atoms with Crippen LogP contribution in [0.2, 0.25) is 0 Å². The summed E-state index contributed by atoms with van der Waals surface area (Å²) in [6, 6.07) is 1.40. The third-order valence-electron chi connectivity index (χ3n) is 2.86. The van der Waals surface area contributed by atoms with Gasteiger partial charge in [0.2, 0.25) is 0 Å². The van der Waals surface area contributed by atoms with Crippen LogP contribution in [-0.2, 0) is 4.74 Å². The van der Waals surface area contributed by atoms with Gasteiger partial charge in [0.25, 0.3) is 0 Å². The van der Waals surface area contributed by atoms with Gasteiger partial charge < -0.3 is 10.1 Å². The zero-order valence-corrected chi connectivity index (χ0v) is 11.2. The molecule has 2 rings (SSSR count). The van der Waals surface area contributed by atoms with Gasteiger partial charge in [-0.3, -0.25) is 0 Å². The van der Waals surface area contributed by atoms with Gasteiger partial charge in [-0.05, 0) is 34.8 Å². The van der Waals surface area contributed by atoms with Crippen LogP contribution in [0.1, 0.15) is 25.7 Å². The molecule has 0 aromatic carbocycles. The summed E-state index contributed by atoms with van der Waals surface area (Å²) < 4.78 is 19.7. The quantitative estimate of drug-likeness (QED) is 0.847. The molecule has 1 aliphatic carbocycles. The van der Waals surface area contributed by atoms with Gasteiger partial charge in [-0.1, -0.05) is 12.8 Å². The highest BCUT2D eigenvalue weighted by Crippen LogP contribution is 2.20. The molecule has 1 heterocycles. The summed E-state index contributed by atoms with van der Waals surface area (Å²) in [5.41, 5.74) is 0. The predicted octanol–water partition coefficient (Wildman–Crippen LogP) is 3.35. The van der Waals surface area contributed by atoms with Crippen LogP contribution in [0.15, 0.2) is 16.7 Å². The molecule has 1 aromatic heterocycles. The third-order valence-corrected chi connectivity index (χ3v) is 3.29. The molecule has 94 valence electrons. The monoisotopic (exact) mass is 302 g/mol. The Morgan fingerprint density at radius 2 is 2.24 bits per heavy atom. The first kappa shape index (κ1) is 12.8. The van der Waals surface area contributed by atoms with Gasteiger partial charge in [-0.15, -0.1) is 0 Å².